The third-order valence-electron chi connectivity index (χ3n) is 10.4. The first-order chi connectivity index (χ1) is 21.0. The fraction of sp³-hybridized carbons (Fsp3) is 0.919. The van der Waals surface area contributed by atoms with Crippen LogP contribution in [0.15, 0.2) is 11.6 Å². The van der Waals surface area contributed by atoms with E-state index in [2.05, 4.69) is 6.92 Å². The van der Waals surface area contributed by atoms with Crippen LogP contribution in [0.2, 0.25) is 0 Å². The summed E-state index contributed by atoms with van der Waals surface area (Å²) in [6, 6.07) is 0. The number of ether oxygens (including phenoxy) is 4. The number of carbonyl (C=O) groups excluding carboxylic acids is 1. The fourth-order valence-corrected chi connectivity index (χ4v) is 7.78. The van der Waals surface area contributed by atoms with Crippen LogP contribution in [0, 0.1) is 0 Å². The first-order valence-corrected chi connectivity index (χ1v) is 18.6. The van der Waals surface area contributed by atoms with Gasteiger partial charge in [0.25, 0.3) is 0 Å². The van der Waals surface area contributed by atoms with Crippen molar-refractivity contribution in [2.45, 2.75) is 217 Å². The van der Waals surface area contributed by atoms with Gasteiger partial charge in [0.2, 0.25) is 0 Å². The highest BCUT2D eigenvalue weighted by molar-refractivity contribution is 5.90. The minimum Gasteiger partial charge on any atom is -0.455 e. The molecule has 6 heteroatoms. The number of aliphatic hydroxyl groups excluding tert-OH is 1. The van der Waals surface area contributed by atoms with Gasteiger partial charge in [-0.2, -0.15) is 0 Å². The second kappa shape index (κ2) is 19.5. The molecule has 0 spiro atoms. The van der Waals surface area contributed by atoms with Gasteiger partial charge in [-0.25, -0.2) is 4.79 Å². The van der Waals surface area contributed by atoms with Gasteiger partial charge in [0.05, 0.1) is 42.7 Å². The molecule has 248 valence electrons. The van der Waals surface area contributed by atoms with Crippen LogP contribution in [0.3, 0.4) is 0 Å². The Balaban J connectivity index is 0.972. The minimum atomic E-state index is -0.345. The fourth-order valence-electron chi connectivity index (χ4n) is 7.78. The van der Waals surface area contributed by atoms with Crippen LogP contribution in [0.25, 0.3) is 0 Å². The normalized spacial score (nSPS) is 31.8. The van der Waals surface area contributed by atoms with Crippen molar-refractivity contribution in [2.24, 2.45) is 0 Å². The number of aliphatic hydroxyl groups is 1. The molecule has 3 fully saturated rings. The lowest BCUT2D eigenvalue weighted by Crippen LogP contribution is -2.38. The number of hydrogen-bond acceptors (Lipinski definition) is 6. The van der Waals surface area contributed by atoms with Crippen molar-refractivity contribution in [1.29, 1.82) is 0 Å². The van der Waals surface area contributed by atoms with Crippen LogP contribution < -0.4 is 0 Å². The lowest BCUT2D eigenvalue weighted by Gasteiger charge is -2.34. The maximum atomic E-state index is 11.6. The van der Waals surface area contributed by atoms with Crippen LogP contribution >= 0.6 is 0 Å². The molecule has 0 amide bonds. The molecule has 0 aromatic rings. The van der Waals surface area contributed by atoms with E-state index in [-0.39, 0.29) is 48.7 Å². The SMILES string of the molecule is CCCCCC[C@@H]1CCC[C@H]([C@H]2CC[C@@H]([C@H]3CC[C@H]([C@H](O)CCCCCCCCCCCCC4=C[C@H](C)OC4=O)O3)O2)O1. The van der Waals surface area contributed by atoms with Crippen LogP contribution in [0.1, 0.15) is 168 Å². The van der Waals surface area contributed by atoms with Gasteiger partial charge in [0.15, 0.2) is 0 Å². The van der Waals surface area contributed by atoms with E-state index in [1.54, 1.807) is 0 Å². The van der Waals surface area contributed by atoms with Crippen molar-refractivity contribution >= 4 is 5.97 Å². The molecule has 0 bridgehead atoms. The highest BCUT2D eigenvalue weighted by atomic mass is 16.6. The van der Waals surface area contributed by atoms with E-state index in [1.807, 2.05) is 13.0 Å². The predicted octanol–water partition coefficient (Wildman–Crippen LogP) is 8.90. The van der Waals surface area contributed by atoms with Gasteiger partial charge in [-0.3, -0.25) is 0 Å². The highest BCUT2D eigenvalue weighted by Crippen LogP contribution is 2.37. The summed E-state index contributed by atoms with van der Waals surface area (Å²) in [4.78, 5) is 11.6. The summed E-state index contributed by atoms with van der Waals surface area (Å²) in [5.41, 5.74) is 0.875. The maximum Gasteiger partial charge on any atom is 0.334 e. The van der Waals surface area contributed by atoms with E-state index in [9.17, 15) is 9.90 Å². The molecule has 4 aliphatic rings. The Morgan fingerprint density at radius 2 is 1.33 bits per heavy atom. The van der Waals surface area contributed by atoms with Crippen molar-refractivity contribution < 1.29 is 28.8 Å². The number of hydrogen-bond donors (Lipinski definition) is 1. The van der Waals surface area contributed by atoms with Crippen molar-refractivity contribution in [3.63, 3.8) is 0 Å². The van der Waals surface area contributed by atoms with E-state index >= 15 is 0 Å². The maximum absolute atomic E-state index is 11.6. The molecule has 0 saturated carbocycles. The number of cyclic esters (lactones) is 1. The summed E-state index contributed by atoms with van der Waals surface area (Å²) < 4.78 is 24.6. The number of unbranched alkanes of at least 4 members (excludes halogenated alkanes) is 12. The second-order valence-corrected chi connectivity index (χ2v) is 14.1. The Bertz CT molecular complexity index is 813. The monoisotopic (exact) mass is 604 g/mol. The average molecular weight is 605 g/mol. The van der Waals surface area contributed by atoms with Crippen molar-refractivity contribution in [2.75, 3.05) is 0 Å². The largest absolute Gasteiger partial charge is 0.455 e. The topological polar surface area (TPSA) is 74.2 Å². The van der Waals surface area contributed by atoms with Crippen LogP contribution in [0.5, 0.6) is 0 Å². The highest BCUT2D eigenvalue weighted by Gasteiger charge is 2.42. The Morgan fingerprint density at radius 1 is 0.721 bits per heavy atom. The number of esters is 1. The molecule has 0 aromatic heterocycles. The number of carbonyl (C=O) groups is 1. The van der Waals surface area contributed by atoms with Crippen LogP contribution in [0.4, 0.5) is 0 Å². The molecule has 0 aliphatic carbocycles. The van der Waals surface area contributed by atoms with Crippen molar-refractivity contribution in [3.05, 3.63) is 11.6 Å². The van der Waals surface area contributed by atoms with E-state index < -0.39 is 0 Å². The first kappa shape index (κ1) is 34.9. The Hall–Kier alpha value is -0.950. The summed E-state index contributed by atoms with van der Waals surface area (Å²) in [6.45, 7) is 4.19. The molecule has 4 heterocycles. The molecular weight excluding hydrogens is 540 g/mol. The molecule has 0 unspecified atom stereocenters. The van der Waals surface area contributed by atoms with Gasteiger partial charge in [-0.05, 0) is 83.6 Å². The molecule has 43 heavy (non-hydrogen) atoms. The zero-order valence-electron chi connectivity index (χ0n) is 27.7. The van der Waals surface area contributed by atoms with E-state index in [1.165, 1.54) is 96.3 Å². The minimum absolute atomic E-state index is 0.0231. The van der Waals surface area contributed by atoms with Gasteiger partial charge in [0.1, 0.15) is 6.10 Å². The Morgan fingerprint density at radius 3 is 2.00 bits per heavy atom. The van der Waals surface area contributed by atoms with Gasteiger partial charge in [-0.15, -0.1) is 0 Å². The molecule has 8 atom stereocenters. The van der Waals surface area contributed by atoms with Crippen LogP contribution in [-0.2, 0) is 23.7 Å². The van der Waals surface area contributed by atoms with E-state index in [4.69, 9.17) is 18.9 Å². The molecule has 6 nitrogen and oxygen atoms in total. The van der Waals surface area contributed by atoms with Gasteiger partial charge < -0.3 is 24.1 Å². The zero-order chi connectivity index (χ0) is 30.3. The van der Waals surface area contributed by atoms with Gasteiger partial charge >= 0.3 is 5.97 Å². The Labute approximate surface area is 263 Å². The van der Waals surface area contributed by atoms with Gasteiger partial charge in [-0.1, -0.05) is 90.4 Å². The summed E-state index contributed by atoms with van der Waals surface area (Å²) in [7, 11) is 0. The molecule has 0 radical (unpaired) electrons. The van der Waals surface area contributed by atoms with Crippen LogP contribution in [-0.4, -0.2) is 59.9 Å². The van der Waals surface area contributed by atoms with Crippen molar-refractivity contribution in [3.8, 4) is 0 Å². The van der Waals surface area contributed by atoms with E-state index in [0.29, 0.717) is 6.10 Å². The zero-order valence-corrected chi connectivity index (χ0v) is 27.7. The average Bonchev–Trinajstić information content (AvgIpc) is 3.76. The molecule has 3 saturated heterocycles. The smallest absolute Gasteiger partial charge is 0.334 e. The molecule has 1 N–H and O–H groups in total. The lowest BCUT2D eigenvalue weighted by atomic mass is 9.96. The molecule has 4 rings (SSSR count). The first-order valence-electron chi connectivity index (χ1n) is 18.6. The predicted molar refractivity (Wildman–Crippen MR) is 172 cm³/mol. The molecular formula is C37H64O6. The third kappa shape index (κ3) is 12.1. The third-order valence-corrected chi connectivity index (χ3v) is 10.4. The standard InChI is InChI=1S/C37H64O6/c1-3-4-5-15-19-30-20-17-22-33(41-30)34-25-26-36(43-34)35-24-23-32(42-35)31(38)21-16-13-11-9-7-6-8-10-12-14-18-29-27-28(2)40-37(29)39/h27-28,30-36,38H,3-26H2,1-2H3/t28-,30+,31+,32+,33+,34+,35+,36-/m0/s1. The molecule has 0 aromatic carbocycles. The number of rotatable bonds is 21. The van der Waals surface area contributed by atoms with Gasteiger partial charge in [0, 0.05) is 5.57 Å². The second-order valence-electron chi connectivity index (χ2n) is 14.1. The summed E-state index contributed by atoms with van der Waals surface area (Å²) in [6.07, 6.45) is 30.9. The molecule has 4 aliphatic heterocycles. The van der Waals surface area contributed by atoms with Crippen molar-refractivity contribution in [1.82, 2.24) is 0 Å². The Kier molecular flexibility index (Phi) is 15.9. The lowest BCUT2D eigenvalue weighted by molar-refractivity contribution is -0.145. The summed E-state index contributed by atoms with van der Waals surface area (Å²) in [5, 5.41) is 10.8. The quantitative estimate of drug-likeness (QED) is 0.104. The summed E-state index contributed by atoms with van der Waals surface area (Å²) in [5.74, 6) is -0.113. The van der Waals surface area contributed by atoms with E-state index in [0.717, 1.165) is 63.4 Å². The summed E-state index contributed by atoms with van der Waals surface area (Å²) >= 11 is 0.